The predicted octanol–water partition coefficient (Wildman–Crippen LogP) is 3.88. The first-order chi connectivity index (χ1) is 14.8. The van der Waals surface area contributed by atoms with E-state index in [1.165, 1.54) is 11.1 Å². The van der Waals surface area contributed by atoms with Crippen LogP contribution in [0.3, 0.4) is 0 Å². The molecular formula is C24H32N2O2PrSi2. The number of rotatable bonds is 4. The summed E-state index contributed by atoms with van der Waals surface area (Å²) in [5.74, 6) is 0. The minimum absolute atomic E-state index is 0.685. The number of benzene rings is 2. The first-order valence-corrected chi connectivity index (χ1v) is 16.7. The number of nitrogens with zero attached hydrogens (tertiary/aromatic N) is 2. The molecule has 0 bridgehead atoms. The topological polar surface area (TPSA) is 40.6 Å². The normalized spacial score (nSPS) is 17.2. The second-order valence-corrected chi connectivity index (χ2v) is 16.3. The summed E-state index contributed by atoms with van der Waals surface area (Å²) in [7, 11) is 5.75. The zero-order chi connectivity index (χ0) is 23.0. The fourth-order valence-corrected chi connectivity index (χ4v) is 10.8. The van der Waals surface area contributed by atoms with E-state index >= 15 is 0 Å². The van der Waals surface area contributed by atoms with Gasteiger partial charge in [-0.25, -0.2) is 0 Å². The summed E-state index contributed by atoms with van der Waals surface area (Å²) >= 11 is -1.02. The van der Waals surface area contributed by atoms with Crippen molar-refractivity contribution in [2.45, 2.75) is 16.9 Å². The van der Waals surface area contributed by atoms with Gasteiger partial charge in [0.25, 0.3) is 0 Å². The van der Waals surface area contributed by atoms with E-state index in [0.29, 0.717) is 0 Å². The molecule has 0 fully saturated rings. The van der Waals surface area contributed by atoms with Crippen molar-refractivity contribution >= 4 is 31.3 Å². The summed E-state index contributed by atoms with van der Waals surface area (Å²) in [5.41, 5.74) is 9.32. The second-order valence-electron chi connectivity index (χ2n) is 8.32. The fraction of sp³-hybridized carbons (Fsp3) is 0.333. The third-order valence-corrected chi connectivity index (χ3v) is 14.2. The van der Waals surface area contributed by atoms with Crippen molar-refractivity contribution in [2.75, 3.05) is 28.2 Å². The number of fused-ring (bicyclic) bond motifs is 2. The van der Waals surface area contributed by atoms with Gasteiger partial charge in [0.2, 0.25) is 0 Å². The largest absolute Gasteiger partial charge is 0.385 e. The third kappa shape index (κ3) is 7.48. The van der Waals surface area contributed by atoms with Gasteiger partial charge in [0.15, 0.2) is 0 Å². The molecule has 0 saturated carbocycles. The van der Waals surface area contributed by atoms with Crippen molar-refractivity contribution in [2.24, 2.45) is 0 Å². The maximum atomic E-state index is 9.64. The molecule has 161 valence electrons. The van der Waals surface area contributed by atoms with Crippen molar-refractivity contribution in [1.29, 1.82) is 0 Å². The fourth-order valence-electron chi connectivity index (χ4n) is 3.72. The van der Waals surface area contributed by atoms with Gasteiger partial charge in [0, 0.05) is 0 Å². The molecule has 2 aromatic rings. The Morgan fingerprint density at radius 3 is 1.32 bits per heavy atom. The van der Waals surface area contributed by atoms with Crippen LogP contribution in [0, 0.1) is 37.1 Å². The first-order valence-electron chi connectivity index (χ1n) is 10.4. The monoisotopic (exact) mass is 577 g/mol. The maximum Gasteiger partial charge on any atom is 0.378 e. The Balaban J connectivity index is 0.000000289. The van der Waals surface area contributed by atoms with Crippen LogP contribution in [0.25, 0.3) is 12.2 Å². The molecule has 0 amide bonds. The molecule has 0 aromatic heterocycles. The summed E-state index contributed by atoms with van der Waals surface area (Å²) in [6, 6.07) is 18.0. The predicted molar refractivity (Wildman–Crippen MR) is 129 cm³/mol. The van der Waals surface area contributed by atoms with Crippen LogP contribution in [0.5, 0.6) is 0 Å². The quantitative estimate of drug-likeness (QED) is 0.518. The van der Waals surface area contributed by atoms with E-state index in [0.717, 1.165) is 3.00 Å². The van der Waals surface area contributed by atoms with Crippen molar-refractivity contribution < 1.29 is 46.1 Å². The molecule has 31 heavy (non-hydrogen) atoms. The third-order valence-electron chi connectivity index (χ3n) is 5.22. The molecular weight excluding hydrogens is 545 g/mol. The molecule has 2 aromatic carbocycles. The molecule has 0 saturated heterocycles. The molecule has 4 nitrogen and oxygen atoms in total. The van der Waals surface area contributed by atoms with E-state index in [1.54, 1.807) is 59.6 Å². The molecule has 0 radical (unpaired) electrons. The van der Waals surface area contributed by atoms with Crippen LogP contribution in [0.1, 0.15) is 39.1 Å². The SMILES string of the molecule is CC1=Cc2ccccc2[CH]1[Pr][CH]1C(C)=Cc2ccccc21.CN(C)[SiH]=O.CN(C)[SiH]=O. The zero-order valence-electron chi connectivity index (χ0n) is 19.4. The van der Waals surface area contributed by atoms with Crippen LogP contribution in [0.2, 0.25) is 0 Å². The Kier molecular flexibility index (Phi) is 10.8. The van der Waals surface area contributed by atoms with Gasteiger partial charge in [-0.05, 0) is 28.2 Å². The van der Waals surface area contributed by atoms with Crippen LogP contribution >= 0.6 is 0 Å². The summed E-state index contributed by atoms with van der Waals surface area (Å²) in [6.07, 6.45) is 4.83. The average molecular weight is 578 g/mol. The van der Waals surface area contributed by atoms with Crippen molar-refractivity contribution in [3.63, 3.8) is 0 Å². The van der Waals surface area contributed by atoms with E-state index in [9.17, 15) is 8.92 Å². The molecule has 0 N–H and O–H groups in total. The molecule has 2 aliphatic rings. The molecule has 7 heteroatoms. The van der Waals surface area contributed by atoms with Gasteiger partial charge in [0.05, 0.1) is 0 Å². The molecule has 2 aliphatic carbocycles. The number of hydrogen-bond acceptors (Lipinski definition) is 2. The van der Waals surface area contributed by atoms with Gasteiger partial charge < -0.3 is 18.1 Å². The summed E-state index contributed by atoms with van der Waals surface area (Å²) in [6.45, 7) is 4.67. The van der Waals surface area contributed by atoms with E-state index < -0.39 is 56.3 Å². The average Bonchev–Trinajstić information content (AvgIpc) is 3.25. The second kappa shape index (κ2) is 12.8. The van der Waals surface area contributed by atoms with Gasteiger partial charge in [-0.3, -0.25) is 0 Å². The summed E-state index contributed by atoms with van der Waals surface area (Å²) in [5, 5.41) is 0. The van der Waals surface area contributed by atoms with Crippen LogP contribution in [0.15, 0.2) is 59.7 Å². The van der Waals surface area contributed by atoms with E-state index in [4.69, 9.17) is 0 Å². The van der Waals surface area contributed by atoms with Crippen molar-refractivity contribution in [3.8, 4) is 0 Å². The molecule has 2 unspecified atom stereocenters. The molecule has 0 aliphatic heterocycles. The maximum absolute atomic E-state index is 9.64. The van der Waals surface area contributed by atoms with Crippen LogP contribution in [-0.4, -0.2) is 56.5 Å². The van der Waals surface area contributed by atoms with E-state index in [1.807, 2.05) is 0 Å². The van der Waals surface area contributed by atoms with Crippen LogP contribution in [0.4, 0.5) is 0 Å². The van der Waals surface area contributed by atoms with Gasteiger partial charge in [-0.1, -0.05) is 0 Å². The van der Waals surface area contributed by atoms with E-state index in [-0.39, 0.29) is 0 Å². The van der Waals surface area contributed by atoms with Crippen LogP contribution in [-0.2, 0) is 8.92 Å². The minimum atomic E-state index is -1.02. The molecule has 0 spiro atoms. The standard InChI is InChI=1S/2C10H9.2C2H7NOSi.Pr/c2*1-8-6-9-4-2-3-5-10(9)7-8;2*1-3(2)5-4;/h2*2-7H,1H3;2*5H,1-2H3;. The van der Waals surface area contributed by atoms with Gasteiger partial charge in [-0.2, -0.15) is 0 Å². The molecule has 2 atom stereocenters. The minimum Gasteiger partial charge on any atom is -0.385 e. The van der Waals surface area contributed by atoms with Gasteiger partial charge >= 0.3 is 167 Å². The van der Waals surface area contributed by atoms with E-state index in [2.05, 4.69) is 74.5 Å². The summed E-state index contributed by atoms with van der Waals surface area (Å²) < 4.78 is 24.1. The molecule has 0 heterocycles. The Morgan fingerprint density at radius 1 is 0.677 bits per heavy atom. The smallest absolute Gasteiger partial charge is 0.378 e. The Hall–Kier alpha value is -1.08. The zero-order valence-corrected chi connectivity index (χ0v) is 25.4. The van der Waals surface area contributed by atoms with Crippen LogP contribution < -0.4 is 0 Å². The van der Waals surface area contributed by atoms with Crippen molar-refractivity contribution in [1.82, 2.24) is 9.13 Å². The van der Waals surface area contributed by atoms with Gasteiger partial charge in [-0.15, -0.1) is 0 Å². The first kappa shape index (κ1) is 26.2. The number of allylic oxidation sites excluding steroid dienone is 2. The van der Waals surface area contributed by atoms with Gasteiger partial charge in [0.1, 0.15) is 0 Å². The van der Waals surface area contributed by atoms with Crippen molar-refractivity contribution in [3.05, 3.63) is 81.9 Å². The Labute approximate surface area is 211 Å². The Morgan fingerprint density at radius 2 is 1.00 bits per heavy atom. The summed E-state index contributed by atoms with van der Waals surface area (Å²) in [4.78, 5) is 0. The number of hydrogen-bond donors (Lipinski definition) is 0. The molecule has 4 rings (SSSR count). The Bertz CT molecular complexity index is 896.